The van der Waals surface area contributed by atoms with Crippen molar-refractivity contribution in [3.8, 4) is 11.5 Å². The zero-order valence-corrected chi connectivity index (χ0v) is 13.5. The summed E-state index contributed by atoms with van der Waals surface area (Å²) in [6.07, 6.45) is 1.89. The van der Waals surface area contributed by atoms with Crippen LogP contribution in [-0.2, 0) is 0 Å². The van der Waals surface area contributed by atoms with Gasteiger partial charge in [0.25, 0.3) is 5.91 Å². The van der Waals surface area contributed by atoms with Gasteiger partial charge in [-0.05, 0) is 37.1 Å². The van der Waals surface area contributed by atoms with Crippen LogP contribution in [0.2, 0.25) is 0 Å². The highest BCUT2D eigenvalue weighted by Gasteiger charge is 2.34. The highest BCUT2D eigenvalue weighted by molar-refractivity contribution is 5.94. The number of ether oxygens (including phenoxy) is 2. The van der Waals surface area contributed by atoms with E-state index in [1.807, 2.05) is 53.4 Å². The first-order chi connectivity index (χ1) is 11.3. The van der Waals surface area contributed by atoms with Crippen LogP contribution in [0.4, 0.5) is 0 Å². The average molecular weight is 311 g/mol. The Labute approximate surface area is 136 Å². The van der Waals surface area contributed by atoms with Crippen LogP contribution in [0, 0.1) is 0 Å². The lowest BCUT2D eigenvalue weighted by Crippen LogP contribution is -2.31. The van der Waals surface area contributed by atoms with Gasteiger partial charge >= 0.3 is 0 Å². The Bertz CT molecular complexity index is 662. The lowest BCUT2D eigenvalue weighted by Gasteiger charge is -2.27. The van der Waals surface area contributed by atoms with E-state index in [1.54, 1.807) is 14.2 Å². The molecule has 1 atom stereocenters. The summed E-state index contributed by atoms with van der Waals surface area (Å²) in [5, 5.41) is 0. The summed E-state index contributed by atoms with van der Waals surface area (Å²) in [4.78, 5) is 14.8. The zero-order valence-electron chi connectivity index (χ0n) is 13.5. The summed E-state index contributed by atoms with van der Waals surface area (Å²) in [7, 11) is 3.30. The van der Waals surface area contributed by atoms with Gasteiger partial charge in [-0.25, -0.2) is 0 Å². The monoisotopic (exact) mass is 311 g/mol. The molecule has 4 nitrogen and oxygen atoms in total. The molecule has 4 heteroatoms. The fourth-order valence-electron chi connectivity index (χ4n) is 3.26. The van der Waals surface area contributed by atoms with Crippen molar-refractivity contribution < 1.29 is 14.3 Å². The van der Waals surface area contributed by atoms with Crippen molar-refractivity contribution >= 4 is 5.91 Å². The summed E-state index contributed by atoms with van der Waals surface area (Å²) < 4.78 is 11.0. The molecule has 2 aromatic rings. The van der Waals surface area contributed by atoms with Crippen LogP contribution in [0.5, 0.6) is 11.5 Å². The second-order valence-electron chi connectivity index (χ2n) is 5.60. The summed E-state index contributed by atoms with van der Waals surface area (Å²) in [6.45, 7) is 0.750. The van der Waals surface area contributed by atoms with Gasteiger partial charge in [0.15, 0.2) is 0 Å². The normalized spacial score (nSPS) is 17.1. The second kappa shape index (κ2) is 6.73. The number of carbonyl (C=O) groups is 1. The summed E-state index contributed by atoms with van der Waals surface area (Å²) in [5.74, 6) is 1.59. The van der Waals surface area contributed by atoms with Crippen LogP contribution in [0.3, 0.4) is 0 Å². The van der Waals surface area contributed by atoms with E-state index in [2.05, 4.69) is 0 Å². The zero-order chi connectivity index (χ0) is 16.2. The first-order valence-corrected chi connectivity index (χ1v) is 7.83. The van der Waals surface area contributed by atoms with Crippen molar-refractivity contribution in [1.82, 2.24) is 4.90 Å². The van der Waals surface area contributed by atoms with Gasteiger partial charge in [0.1, 0.15) is 11.5 Å². The van der Waals surface area contributed by atoms with Gasteiger partial charge in [0.2, 0.25) is 0 Å². The molecule has 0 radical (unpaired) electrons. The van der Waals surface area contributed by atoms with E-state index in [-0.39, 0.29) is 11.9 Å². The number of hydrogen-bond acceptors (Lipinski definition) is 3. The van der Waals surface area contributed by atoms with Crippen LogP contribution in [0.1, 0.15) is 34.8 Å². The van der Waals surface area contributed by atoms with Crippen molar-refractivity contribution in [2.75, 3.05) is 20.8 Å². The number of hydrogen-bond donors (Lipinski definition) is 0. The van der Waals surface area contributed by atoms with E-state index in [0.717, 1.165) is 36.4 Å². The van der Waals surface area contributed by atoms with E-state index in [1.165, 1.54) is 0 Å². The molecule has 1 aliphatic heterocycles. The molecular formula is C19H21NO3. The molecule has 0 spiro atoms. The Morgan fingerprint density at radius 3 is 2.26 bits per heavy atom. The van der Waals surface area contributed by atoms with Gasteiger partial charge in [-0.3, -0.25) is 4.79 Å². The van der Waals surface area contributed by atoms with E-state index in [0.29, 0.717) is 5.56 Å². The molecule has 1 fully saturated rings. The molecule has 23 heavy (non-hydrogen) atoms. The van der Waals surface area contributed by atoms with Gasteiger partial charge in [-0.1, -0.05) is 24.3 Å². The Balaban J connectivity index is 1.98. The Hall–Kier alpha value is -2.49. The third-order valence-electron chi connectivity index (χ3n) is 4.33. The lowest BCUT2D eigenvalue weighted by molar-refractivity contribution is 0.0732. The van der Waals surface area contributed by atoms with Crippen molar-refractivity contribution in [1.29, 1.82) is 0 Å². The molecule has 1 amide bonds. The van der Waals surface area contributed by atoms with Gasteiger partial charge in [0, 0.05) is 12.1 Å². The minimum atomic E-state index is -0.0196. The maximum absolute atomic E-state index is 12.9. The second-order valence-corrected chi connectivity index (χ2v) is 5.60. The smallest absolute Gasteiger partial charge is 0.254 e. The maximum atomic E-state index is 12.9. The molecule has 3 rings (SSSR count). The number of methoxy groups -OCH3 is 2. The van der Waals surface area contributed by atoms with Crippen LogP contribution in [0.15, 0.2) is 48.5 Å². The molecular weight excluding hydrogens is 290 g/mol. The van der Waals surface area contributed by atoms with Crippen molar-refractivity contribution in [2.45, 2.75) is 18.9 Å². The molecule has 0 N–H and O–H groups in total. The predicted molar refractivity (Wildman–Crippen MR) is 89.0 cm³/mol. The van der Waals surface area contributed by atoms with Gasteiger partial charge < -0.3 is 14.4 Å². The van der Waals surface area contributed by atoms with E-state index in [4.69, 9.17) is 9.47 Å². The summed E-state index contributed by atoms with van der Waals surface area (Å²) in [6, 6.07) is 15.1. The van der Waals surface area contributed by atoms with Crippen LogP contribution in [-0.4, -0.2) is 31.6 Å². The maximum Gasteiger partial charge on any atom is 0.254 e. The fourth-order valence-corrected chi connectivity index (χ4v) is 3.26. The largest absolute Gasteiger partial charge is 0.496 e. The van der Waals surface area contributed by atoms with Crippen molar-refractivity contribution in [3.05, 3.63) is 59.7 Å². The third-order valence-corrected chi connectivity index (χ3v) is 4.33. The van der Waals surface area contributed by atoms with E-state index in [9.17, 15) is 4.79 Å². The highest BCUT2D eigenvalue weighted by Crippen LogP contribution is 2.42. The van der Waals surface area contributed by atoms with E-state index < -0.39 is 0 Å². The van der Waals surface area contributed by atoms with Gasteiger partial charge in [-0.2, -0.15) is 0 Å². The minimum absolute atomic E-state index is 0.0196. The number of rotatable bonds is 4. The number of amides is 1. The van der Waals surface area contributed by atoms with Crippen LogP contribution >= 0.6 is 0 Å². The summed E-state index contributed by atoms with van der Waals surface area (Å²) in [5.41, 5.74) is 1.67. The SMILES string of the molecule is COc1cccc(OC)c1C1CCCN1C(=O)c1ccccc1. The van der Waals surface area contributed by atoms with Crippen molar-refractivity contribution in [3.63, 3.8) is 0 Å². The third kappa shape index (κ3) is 2.89. The van der Waals surface area contributed by atoms with E-state index >= 15 is 0 Å². The van der Waals surface area contributed by atoms with Gasteiger partial charge in [0.05, 0.1) is 25.8 Å². The molecule has 1 unspecified atom stereocenters. The minimum Gasteiger partial charge on any atom is -0.496 e. The van der Waals surface area contributed by atoms with Crippen LogP contribution in [0.25, 0.3) is 0 Å². The molecule has 1 aliphatic rings. The lowest BCUT2D eigenvalue weighted by atomic mass is 10.0. The molecule has 0 bridgehead atoms. The summed E-state index contributed by atoms with van der Waals surface area (Å²) >= 11 is 0. The molecule has 0 aliphatic carbocycles. The molecule has 0 saturated carbocycles. The Morgan fingerprint density at radius 1 is 1.00 bits per heavy atom. The first-order valence-electron chi connectivity index (χ1n) is 7.83. The molecule has 2 aromatic carbocycles. The van der Waals surface area contributed by atoms with Crippen LogP contribution < -0.4 is 9.47 Å². The fraction of sp³-hybridized carbons (Fsp3) is 0.316. The number of likely N-dealkylation sites (tertiary alicyclic amines) is 1. The van der Waals surface area contributed by atoms with Crippen molar-refractivity contribution in [2.24, 2.45) is 0 Å². The predicted octanol–water partition coefficient (Wildman–Crippen LogP) is 3.68. The average Bonchev–Trinajstić information content (AvgIpc) is 3.10. The molecule has 120 valence electrons. The topological polar surface area (TPSA) is 38.8 Å². The number of nitrogens with zero attached hydrogens (tertiary/aromatic N) is 1. The standard InChI is InChI=1S/C19H21NO3/c1-22-16-11-6-12-17(23-2)18(16)15-10-7-13-20(15)19(21)14-8-4-3-5-9-14/h3-6,8-9,11-12,15H,7,10,13H2,1-2H3. The Kier molecular flexibility index (Phi) is 4.51. The molecule has 0 aromatic heterocycles. The molecule has 1 heterocycles. The molecule has 1 saturated heterocycles. The number of benzene rings is 2. The highest BCUT2D eigenvalue weighted by atomic mass is 16.5. The quantitative estimate of drug-likeness (QED) is 0.864. The number of carbonyl (C=O) groups excluding carboxylic acids is 1. The first kappa shape index (κ1) is 15.4. The van der Waals surface area contributed by atoms with Gasteiger partial charge in [-0.15, -0.1) is 0 Å². The Morgan fingerprint density at radius 2 is 1.65 bits per heavy atom.